The van der Waals surface area contributed by atoms with Crippen molar-refractivity contribution in [3.05, 3.63) is 52.3 Å². The number of anilines is 2. The Hall–Kier alpha value is -1.45. The predicted octanol–water partition coefficient (Wildman–Crippen LogP) is 3.84. The molecule has 1 aromatic carbocycles. The Morgan fingerprint density at radius 3 is 2.60 bits per heavy atom. The summed E-state index contributed by atoms with van der Waals surface area (Å²) >= 11 is 12.2. The Bertz CT molecular complexity index is 630. The Labute approximate surface area is 128 Å². The summed E-state index contributed by atoms with van der Waals surface area (Å²) in [5, 5.41) is 1.14. The molecule has 3 rings (SSSR count). The second-order valence-corrected chi connectivity index (χ2v) is 5.69. The summed E-state index contributed by atoms with van der Waals surface area (Å²) in [6, 6.07) is 11.9. The van der Waals surface area contributed by atoms with Crippen LogP contribution in [0.25, 0.3) is 0 Å². The normalized spacial score (nSPS) is 14.3. The number of para-hydroxylation sites is 2. The van der Waals surface area contributed by atoms with Gasteiger partial charge in [0.25, 0.3) is 0 Å². The lowest BCUT2D eigenvalue weighted by Gasteiger charge is -2.36. The minimum absolute atomic E-state index is 0.479. The summed E-state index contributed by atoms with van der Waals surface area (Å²) in [7, 11) is 2.11. The van der Waals surface area contributed by atoms with Crippen molar-refractivity contribution in [2.75, 3.05) is 29.9 Å². The average Bonchev–Trinajstić information content (AvgIpc) is 2.46. The first-order valence-corrected chi connectivity index (χ1v) is 7.27. The molecule has 5 heteroatoms. The molecule has 0 saturated heterocycles. The lowest BCUT2D eigenvalue weighted by Crippen LogP contribution is -2.38. The average molecular weight is 308 g/mol. The predicted molar refractivity (Wildman–Crippen MR) is 85.0 cm³/mol. The maximum absolute atomic E-state index is 6.21. The van der Waals surface area contributed by atoms with Crippen LogP contribution in [-0.2, 0) is 6.54 Å². The fraction of sp³-hybridized carbons (Fsp3) is 0.267. The zero-order valence-corrected chi connectivity index (χ0v) is 12.7. The molecule has 2 heterocycles. The zero-order valence-electron chi connectivity index (χ0n) is 11.2. The van der Waals surface area contributed by atoms with Crippen molar-refractivity contribution < 1.29 is 0 Å². The van der Waals surface area contributed by atoms with Crippen molar-refractivity contribution in [1.82, 2.24) is 4.98 Å². The van der Waals surface area contributed by atoms with Gasteiger partial charge in [-0.2, -0.15) is 0 Å². The van der Waals surface area contributed by atoms with Gasteiger partial charge in [0.15, 0.2) is 0 Å². The van der Waals surface area contributed by atoms with E-state index in [2.05, 4.69) is 46.1 Å². The Morgan fingerprint density at radius 1 is 1.05 bits per heavy atom. The molecular weight excluding hydrogens is 293 g/mol. The van der Waals surface area contributed by atoms with Crippen LogP contribution in [-0.4, -0.2) is 25.1 Å². The van der Waals surface area contributed by atoms with Gasteiger partial charge in [0.1, 0.15) is 5.15 Å². The highest BCUT2D eigenvalue weighted by atomic mass is 35.5. The highest BCUT2D eigenvalue weighted by Crippen LogP contribution is 2.33. The maximum Gasteiger partial charge on any atom is 0.129 e. The van der Waals surface area contributed by atoms with E-state index in [1.54, 1.807) is 12.1 Å². The van der Waals surface area contributed by atoms with Gasteiger partial charge in [-0.1, -0.05) is 35.3 Å². The monoisotopic (exact) mass is 307 g/mol. The van der Waals surface area contributed by atoms with Gasteiger partial charge in [0, 0.05) is 20.1 Å². The first-order chi connectivity index (χ1) is 9.65. The van der Waals surface area contributed by atoms with Crippen LogP contribution in [0.5, 0.6) is 0 Å². The van der Waals surface area contributed by atoms with E-state index < -0.39 is 0 Å². The maximum atomic E-state index is 6.21. The number of hydrogen-bond donors (Lipinski definition) is 0. The van der Waals surface area contributed by atoms with Crippen molar-refractivity contribution >= 4 is 34.6 Å². The lowest BCUT2D eigenvalue weighted by molar-refractivity contribution is 0.725. The van der Waals surface area contributed by atoms with Crippen LogP contribution >= 0.6 is 23.2 Å². The quantitative estimate of drug-likeness (QED) is 0.786. The van der Waals surface area contributed by atoms with Gasteiger partial charge in [-0.25, -0.2) is 4.98 Å². The molecule has 0 amide bonds. The summed E-state index contributed by atoms with van der Waals surface area (Å²) < 4.78 is 0. The molecule has 0 saturated carbocycles. The molecule has 0 atom stereocenters. The number of nitrogens with zero attached hydrogens (tertiary/aromatic N) is 3. The number of fused-ring (bicyclic) bond motifs is 1. The highest BCUT2D eigenvalue weighted by Gasteiger charge is 2.20. The fourth-order valence-corrected chi connectivity index (χ4v) is 2.81. The van der Waals surface area contributed by atoms with Crippen LogP contribution in [0.2, 0.25) is 10.2 Å². The van der Waals surface area contributed by atoms with E-state index in [9.17, 15) is 0 Å². The largest absolute Gasteiger partial charge is 0.371 e. The molecule has 0 bridgehead atoms. The number of rotatable bonds is 2. The molecule has 0 spiro atoms. The molecule has 0 fully saturated rings. The Kier molecular flexibility index (Phi) is 3.72. The molecule has 104 valence electrons. The summed E-state index contributed by atoms with van der Waals surface area (Å²) in [5.41, 5.74) is 3.26. The van der Waals surface area contributed by atoms with Gasteiger partial charge in [-0.15, -0.1) is 0 Å². The van der Waals surface area contributed by atoms with Crippen molar-refractivity contribution in [2.24, 2.45) is 0 Å². The number of aromatic nitrogens is 1. The van der Waals surface area contributed by atoms with E-state index in [4.69, 9.17) is 23.2 Å². The Morgan fingerprint density at radius 2 is 1.80 bits per heavy atom. The molecule has 20 heavy (non-hydrogen) atoms. The van der Waals surface area contributed by atoms with E-state index in [-0.39, 0.29) is 0 Å². The summed E-state index contributed by atoms with van der Waals surface area (Å²) in [4.78, 5) is 8.89. The third-order valence-corrected chi connectivity index (χ3v) is 4.12. The number of likely N-dealkylation sites (N-methyl/N-ethyl adjacent to an activating group) is 1. The van der Waals surface area contributed by atoms with Crippen LogP contribution in [0.4, 0.5) is 11.4 Å². The molecule has 2 aromatic rings. The number of halogens is 2. The molecular formula is C15H15Cl2N3. The van der Waals surface area contributed by atoms with Gasteiger partial charge >= 0.3 is 0 Å². The molecule has 0 radical (unpaired) electrons. The van der Waals surface area contributed by atoms with Crippen molar-refractivity contribution in [1.29, 1.82) is 0 Å². The number of hydrogen-bond acceptors (Lipinski definition) is 3. The third-order valence-electron chi connectivity index (χ3n) is 3.56. The van der Waals surface area contributed by atoms with E-state index in [1.165, 1.54) is 11.4 Å². The number of pyridine rings is 1. The van der Waals surface area contributed by atoms with Crippen LogP contribution in [0.1, 0.15) is 5.69 Å². The SMILES string of the molecule is CN1CCN(Cc2nc(Cl)ccc2Cl)c2ccccc21. The molecule has 0 unspecified atom stereocenters. The van der Waals surface area contributed by atoms with Crippen LogP contribution in [0.15, 0.2) is 36.4 Å². The van der Waals surface area contributed by atoms with Crippen molar-refractivity contribution in [2.45, 2.75) is 6.54 Å². The van der Waals surface area contributed by atoms with Crippen LogP contribution in [0, 0.1) is 0 Å². The fourth-order valence-electron chi connectivity index (χ4n) is 2.48. The first kappa shape index (κ1) is 13.5. The second-order valence-electron chi connectivity index (χ2n) is 4.89. The van der Waals surface area contributed by atoms with Crippen LogP contribution in [0.3, 0.4) is 0 Å². The summed E-state index contributed by atoms with van der Waals surface area (Å²) in [6.07, 6.45) is 0. The topological polar surface area (TPSA) is 19.4 Å². The lowest BCUT2D eigenvalue weighted by atomic mass is 10.1. The molecule has 0 aliphatic carbocycles. The third kappa shape index (κ3) is 2.56. The Balaban J connectivity index is 1.92. The highest BCUT2D eigenvalue weighted by molar-refractivity contribution is 6.32. The minimum Gasteiger partial charge on any atom is -0.371 e. The van der Waals surface area contributed by atoms with E-state index >= 15 is 0 Å². The standard InChI is InChI=1S/C15H15Cl2N3/c1-19-8-9-20(14-5-3-2-4-13(14)19)10-12-11(16)6-7-15(17)18-12/h2-7H,8-10H2,1H3. The smallest absolute Gasteiger partial charge is 0.129 e. The molecule has 1 aromatic heterocycles. The minimum atomic E-state index is 0.479. The second kappa shape index (κ2) is 5.51. The van der Waals surface area contributed by atoms with Gasteiger partial charge in [-0.05, 0) is 24.3 Å². The van der Waals surface area contributed by atoms with Crippen molar-refractivity contribution in [3.63, 3.8) is 0 Å². The van der Waals surface area contributed by atoms with Crippen LogP contribution < -0.4 is 9.80 Å². The van der Waals surface area contributed by atoms with E-state index in [1.807, 2.05) is 0 Å². The molecule has 1 aliphatic heterocycles. The first-order valence-electron chi connectivity index (χ1n) is 6.51. The van der Waals surface area contributed by atoms with E-state index in [0.29, 0.717) is 16.7 Å². The van der Waals surface area contributed by atoms with Crippen molar-refractivity contribution in [3.8, 4) is 0 Å². The van der Waals surface area contributed by atoms with Gasteiger partial charge in [0.2, 0.25) is 0 Å². The molecule has 0 N–H and O–H groups in total. The van der Waals surface area contributed by atoms with Gasteiger partial charge < -0.3 is 9.80 Å². The molecule has 3 nitrogen and oxygen atoms in total. The summed E-state index contributed by atoms with van der Waals surface area (Å²) in [5.74, 6) is 0. The zero-order chi connectivity index (χ0) is 14.1. The van der Waals surface area contributed by atoms with Gasteiger partial charge in [0.05, 0.1) is 28.6 Å². The van der Waals surface area contributed by atoms with Gasteiger partial charge in [-0.3, -0.25) is 0 Å². The van der Waals surface area contributed by atoms with E-state index in [0.717, 1.165) is 18.8 Å². The number of benzene rings is 1. The summed E-state index contributed by atoms with van der Waals surface area (Å²) in [6.45, 7) is 2.59. The molecule has 1 aliphatic rings.